The van der Waals surface area contributed by atoms with Crippen LogP contribution in [-0.4, -0.2) is 12.6 Å². The standard InChI is InChI=1S/C16H14O3/c1-11-5-4-6-12(9-11)16(17)19-15-10-18-14-8-3-2-7-13(14)15/h2-9,15H,10H2,1H3. The highest BCUT2D eigenvalue weighted by molar-refractivity contribution is 5.89. The Bertz CT molecular complexity index is 619. The van der Waals surface area contributed by atoms with E-state index in [0.717, 1.165) is 16.9 Å². The van der Waals surface area contributed by atoms with Crippen molar-refractivity contribution in [2.75, 3.05) is 6.61 Å². The van der Waals surface area contributed by atoms with Crippen LogP contribution in [0.25, 0.3) is 0 Å². The van der Waals surface area contributed by atoms with Gasteiger partial charge in [-0.1, -0.05) is 35.9 Å². The van der Waals surface area contributed by atoms with Crippen LogP contribution in [0.2, 0.25) is 0 Å². The molecule has 0 amide bonds. The molecule has 3 nitrogen and oxygen atoms in total. The molecule has 96 valence electrons. The van der Waals surface area contributed by atoms with Gasteiger partial charge in [0.05, 0.1) is 5.56 Å². The van der Waals surface area contributed by atoms with Gasteiger partial charge in [0.2, 0.25) is 0 Å². The molecule has 1 heterocycles. The van der Waals surface area contributed by atoms with Crippen LogP contribution in [0, 0.1) is 6.92 Å². The highest BCUT2D eigenvalue weighted by Crippen LogP contribution is 2.34. The summed E-state index contributed by atoms with van der Waals surface area (Å²) in [4.78, 5) is 12.1. The van der Waals surface area contributed by atoms with Crippen LogP contribution in [0.3, 0.4) is 0 Å². The first-order valence-electron chi connectivity index (χ1n) is 6.23. The van der Waals surface area contributed by atoms with Crippen molar-refractivity contribution in [3.8, 4) is 5.75 Å². The van der Waals surface area contributed by atoms with Gasteiger partial charge in [-0.15, -0.1) is 0 Å². The Morgan fingerprint density at radius 1 is 1.21 bits per heavy atom. The molecule has 0 radical (unpaired) electrons. The molecule has 2 aromatic carbocycles. The number of ether oxygens (including phenoxy) is 2. The molecule has 1 aliphatic heterocycles. The minimum atomic E-state index is -0.316. The predicted octanol–water partition coefficient (Wildman–Crippen LogP) is 3.29. The molecule has 0 fully saturated rings. The van der Waals surface area contributed by atoms with E-state index in [1.165, 1.54) is 0 Å². The summed E-state index contributed by atoms with van der Waals surface area (Å²) in [5, 5.41) is 0. The van der Waals surface area contributed by atoms with Gasteiger partial charge in [-0.2, -0.15) is 0 Å². The summed E-state index contributed by atoms with van der Waals surface area (Å²) in [6, 6.07) is 15.0. The van der Waals surface area contributed by atoms with Crippen molar-refractivity contribution >= 4 is 5.97 Å². The number of fused-ring (bicyclic) bond motifs is 1. The zero-order valence-corrected chi connectivity index (χ0v) is 10.6. The molecule has 0 bridgehead atoms. The van der Waals surface area contributed by atoms with Gasteiger partial charge >= 0.3 is 5.97 Å². The Labute approximate surface area is 111 Å². The van der Waals surface area contributed by atoms with Crippen molar-refractivity contribution in [3.05, 3.63) is 65.2 Å². The summed E-state index contributed by atoms with van der Waals surface area (Å²) < 4.78 is 11.0. The number of carbonyl (C=O) groups excluding carboxylic acids is 1. The zero-order valence-electron chi connectivity index (χ0n) is 10.6. The van der Waals surface area contributed by atoms with Crippen LogP contribution < -0.4 is 4.74 Å². The number of esters is 1. The quantitative estimate of drug-likeness (QED) is 0.771. The van der Waals surface area contributed by atoms with E-state index in [0.29, 0.717) is 12.2 Å². The maximum Gasteiger partial charge on any atom is 0.338 e. The Hall–Kier alpha value is -2.29. The van der Waals surface area contributed by atoms with E-state index in [1.54, 1.807) is 6.07 Å². The van der Waals surface area contributed by atoms with Crippen LogP contribution in [0.4, 0.5) is 0 Å². The van der Waals surface area contributed by atoms with Gasteiger partial charge in [0.15, 0.2) is 6.10 Å². The molecule has 0 aromatic heterocycles. The molecule has 0 N–H and O–H groups in total. The molecule has 2 aromatic rings. The highest BCUT2D eigenvalue weighted by Gasteiger charge is 2.27. The van der Waals surface area contributed by atoms with Gasteiger partial charge in [0.25, 0.3) is 0 Å². The zero-order chi connectivity index (χ0) is 13.2. The fourth-order valence-corrected chi connectivity index (χ4v) is 2.20. The predicted molar refractivity (Wildman–Crippen MR) is 71.3 cm³/mol. The van der Waals surface area contributed by atoms with Crippen LogP contribution in [0.1, 0.15) is 27.6 Å². The van der Waals surface area contributed by atoms with E-state index in [9.17, 15) is 4.79 Å². The largest absolute Gasteiger partial charge is 0.489 e. The van der Waals surface area contributed by atoms with Crippen molar-refractivity contribution in [1.82, 2.24) is 0 Å². The van der Waals surface area contributed by atoms with Gasteiger partial charge in [-0.3, -0.25) is 0 Å². The summed E-state index contributed by atoms with van der Waals surface area (Å²) in [5.74, 6) is 0.485. The summed E-state index contributed by atoms with van der Waals surface area (Å²) in [6.07, 6.45) is -0.316. The topological polar surface area (TPSA) is 35.5 Å². The normalized spacial score (nSPS) is 16.6. The number of para-hydroxylation sites is 1. The Morgan fingerprint density at radius 3 is 2.89 bits per heavy atom. The maximum atomic E-state index is 12.1. The average Bonchev–Trinajstić information content (AvgIpc) is 2.82. The second kappa shape index (κ2) is 4.76. The van der Waals surface area contributed by atoms with Crippen LogP contribution in [0.5, 0.6) is 5.75 Å². The summed E-state index contributed by atoms with van der Waals surface area (Å²) in [7, 11) is 0. The minimum Gasteiger partial charge on any atom is -0.489 e. The molecule has 1 unspecified atom stereocenters. The number of benzene rings is 2. The lowest BCUT2D eigenvalue weighted by atomic mass is 10.1. The molecular formula is C16H14O3. The average molecular weight is 254 g/mol. The summed E-state index contributed by atoms with van der Waals surface area (Å²) in [5.41, 5.74) is 2.55. The van der Waals surface area contributed by atoms with Crippen molar-refractivity contribution in [2.45, 2.75) is 13.0 Å². The minimum absolute atomic E-state index is 0.311. The van der Waals surface area contributed by atoms with Crippen molar-refractivity contribution in [1.29, 1.82) is 0 Å². The first kappa shape index (κ1) is 11.8. The summed E-state index contributed by atoms with van der Waals surface area (Å²) in [6.45, 7) is 2.33. The third-order valence-corrected chi connectivity index (χ3v) is 3.16. The van der Waals surface area contributed by atoms with E-state index in [1.807, 2.05) is 49.4 Å². The van der Waals surface area contributed by atoms with Gasteiger partial charge in [0.1, 0.15) is 12.4 Å². The molecule has 0 spiro atoms. The third kappa shape index (κ3) is 2.32. The first-order valence-corrected chi connectivity index (χ1v) is 6.23. The number of hydrogen-bond donors (Lipinski definition) is 0. The molecule has 3 rings (SSSR count). The molecule has 3 heteroatoms. The molecule has 19 heavy (non-hydrogen) atoms. The molecular weight excluding hydrogens is 240 g/mol. The lowest BCUT2D eigenvalue weighted by molar-refractivity contribution is 0.0248. The fourth-order valence-electron chi connectivity index (χ4n) is 2.20. The molecule has 1 aliphatic rings. The van der Waals surface area contributed by atoms with E-state index in [4.69, 9.17) is 9.47 Å². The first-order chi connectivity index (χ1) is 9.24. The fraction of sp³-hybridized carbons (Fsp3) is 0.188. The van der Waals surface area contributed by atoms with Crippen molar-refractivity contribution < 1.29 is 14.3 Å². The van der Waals surface area contributed by atoms with Crippen molar-refractivity contribution in [2.24, 2.45) is 0 Å². The lowest BCUT2D eigenvalue weighted by Crippen LogP contribution is -2.12. The molecule has 0 saturated heterocycles. The van der Waals surface area contributed by atoms with Gasteiger partial charge in [-0.25, -0.2) is 4.79 Å². The highest BCUT2D eigenvalue weighted by atomic mass is 16.6. The number of hydrogen-bond acceptors (Lipinski definition) is 3. The van der Waals surface area contributed by atoms with E-state index in [-0.39, 0.29) is 12.1 Å². The van der Waals surface area contributed by atoms with Crippen LogP contribution in [0.15, 0.2) is 48.5 Å². The van der Waals surface area contributed by atoms with Gasteiger partial charge in [-0.05, 0) is 25.1 Å². The Kier molecular flexibility index (Phi) is 2.95. The number of rotatable bonds is 2. The maximum absolute atomic E-state index is 12.1. The van der Waals surface area contributed by atoms with Crippen molar-refractivity contribution in [3.63, 3.8) is 0 Å². The number of carbonyl (C=O) groups is 1. The second-order valence-corrected chi connectivity index (χ2v) is 4.61. The monoisotopic (exact) mass is 254 g/mol. The molecule has 0 saturated carbocycles. The summed E-state index contributed by atoms with van der Waals surface area (Å²) >= 11 is 0. The number of aryl methyl sites for hydroxylation is 1. The molecule has 1 atom stereocenters. The van der Waals surface area contributed by atoms with E-state index >= 15 is 0 Å². The Morgan fingerprint density at radius 2 is 2.05 bits per heavy atom. The van der Waals surface area contributed by atoms with E-state index < -0.39 is 0 Å². The van der Waals surface area contributed by atoms with Crippen LogP contribution >= 0.6 is 0 Å². The van der Waals surface area contributed by atoms with Crippen LogP contribution in [-0.2, 0) is 4.74 Å². The smallest absolute Gasteiger partial charge is 0.338 e. The Balaban J connectivity index is 1.78. The van der Waals surface area contributed by atoms with E-state index in [2.05, 4.69) is 0 Å². The third-order valence-electron chi connectivity index (χ3n) is 3.16. The SMILES string of the molecule is Cc1cccc(C(=O)OC2COc3ccccc32)c1. The molecule has 0 aliphatic carbocycles. The second-order valence-electron chi connectivity index (χ2n) is 4.61. The lowest BCUT2D eigenvalue weighted by Gasteiger charge is -2.11. The van der Waals surface area contributed by atoms with Gasteiger partial charge in [0, 0.05) is 5.56 Å². The van der Waals surface area contributed by atoms with Gasteiger partial charge < -0.3 is 9.47 Å².